The minimum atomic E-state index is -0.314. The van der Waals surface area contributed by atoms with Crippen molar-refractivity contribution in [3.05, 3.63) is 78.2 Å². The molecule has 0 fully saturated rings. The summed E-state index contributed by atoms with van der Waals surface area (Å²) < 4.78 is 14.5. The lowest BCUT2D eigenvalue weighted by Gasteiger charge is -2.03. The summed E-state index contributed by atoms with van der Waals surface area (Å²) in [6, 6.07) is 17.2. The standard InChI is InChI=1S/C17H14FN3O/c18-14-8-6-13(7-9-14)12-17(22)19-16-10-11-21(20-16)15-4-2-1-3-5-15/h1-11H,12H2,(H,19,20,22). The molecule has 0 spiro atoms. The molecule has 0 aliphatic heterocycles. The Kier molecular flexibility index (Phi) is 3.96. The van der Waals surface area contributed by atoms with E-state index in [2.05, 4.69) is 10.4 Å². The number of anilines is 1. The summed E-state index contributed by atoms with van der Waals surface area (Å²) in [5.41, 5.74) is 1.67. The van der Waals surface area contributed by atoms with E-state index in [-0.39, 0.29) is 18.1 Å². The molecule has 22 heavy (non-hydrogen) atoms. The summed E-state index contributed by atoms with van der Waals surface area (Å²) >= 11 is 0. The predicted molar refractivity (Wildman–Crippen MR) is 82.3 cm³/mol. The highest BCUT2D eigenvalue weighted by molar-refractivity contribution is 5.91. The van der Waals surface area contributed by atoms with Gasteiger partial charge in [0, 0.05) is 12.3 Å². The largest absolute Gasteiger partial charge is 0.309 e. The number of nitrogens with zero attached hydrogens (tertiary/aromatic N) is 2. The van der Waals surface area contributed by atoms with Crippen molar-refractivity contribution < 1.29 is 9.18 Å². The second-order valence-electron chi connectivity index (χ2n) is 4.83. The van der Waals surface area contributed by atoms with Crippen molar-refractivity contribution in [2.24, 2.45) is 0 Å². The maximum atomic E-state index is 12.8. The van der Waals surface area contributed by atoms with Gasteiger partial charge in [0.15, 0.2) is 5.82 Å². The summed E-state index contributed by atoms with van der Waals surface area (Å²) in [4.78, 5) is 12.0. The van der Waals surface area contributed by atoms with Gasteiger partial charge >= 0.3 is 0 Å². The molecule has 0 atom stereocenters. The zero-order chi connectivity index (χ0) is 15.4. The van der Waals surface area contributed by atoms with Gasteiger partial charge < -0.3 is 5.32 Å². The van der Waals surface area contributed by atoms with Crippen LogP contribution in [0.4, 0.5) is 10.2 Å². The first kappa shape index (κ1) is 14.0. The molecule has 0 aliphatic rings. The molecule has 110 valence electrons. The quantitative estimate of drug-likeness (QED) is 0.803. The molecule has 1 heterocycles. The van der Waals surface area contributed by atoms with Crippen LogP contribution in [0.25, 0.3) is 5.69 Å². The molecule has 1 aromatic heterocycles. The second-order valence-corrected chi connectivity index (χ2v) is 4.83. The summed E-state index contributed by atoms with van der Waals surface area (Å²) in [6.07, 6.45) is 1.96. The van der Waals surface area contributed by atoms with Crippen LogP contribution in [0.1, 0.15) is 5.56 Å². The molecule has 0 bridgehead atoms. The zero-order valence-corrected chi connectivity index (χ0v) is 11.7. The highest BCUT2D eigenvalue weighted by Crippen LogP contribution is 2.10. The fourth-order valence-corrected chi connectivity index (χ4v) is 2.09. The lowest BCUT2D eigenvalue weighted by atomic mass is 10.1. The number of hydrogen-bond acceptors (Lipinski definition) is 2. The summed E-state index contributed by atoms with van der Waals surface area (Å²) in [6.45, 7) is 0. The van der Waals surface area contributed by atoms with Crippen molar-refractivity contribution >= 4 is 11.7 Å². The molecule has 3 rings (SSSR count). The monoisotopic (exact) mass is 295 g/mol. The topological polar surface area (TPSA) is 46.9 Å². The fraction of sp³-hybridized carbons (Fsp3) is 0.0588. The maximum absolute atomic E-state index is 12.8. The van der Waals surface area contributed by atoms with Gasteiger partial charge in [0.25, 0.3) is 0 Å². The highest BCUT2D eigenvalue weighted by atomic mass is 19.1. The van der Waals surface area contributed by atoms with Crippen LogP contribution in [0.15, 0.2) is 66.9 Å². The average molecular weight is 295 g/mol. The highest BCUT2D eigenvalue weighted by Gasteiger charge is 2.07. The maximum Gasteiger partial charge on any atom is 0.229 e. The minimum Gasteiger partial charge on any atom is -0.309 e. The van der Waals surface area contributed by atoms with Crippen LogP contribution in [-0.2, 0) is 11.2 Å². The van der Waals surface area contributed by atoms with Crippen molar-refractivity contribution in [1.82, 2.24) is 9.78 Å². The van der Waals surface area contributed by atoms with Crippen LogP contribution in [0.3, 0.4) is 0 Å². The minimum absolute atomic E-state index is 0.179. The number of benzene rings is 2. The predicted octanol–water partition coefficient (Wildman–Crippen LogP) is 3.19. The third-order valence-corrected chi connectivity index (χ3v) is 3.16. The van der Waals surface area contributed by atoms with Crippen molar-refractivity contribution in [3.8, 4) is 5.69 Å². The lowest BCUT2D eigenvalue weighted by Crippen LogP contribution is -2.15. The third-order valence-electron chi connectivity index (χ3n) is 3.16. The van der Waals surface area contributed by atoms with E-state index in [1.165, 1.54) is 12.1 Å². The van der Waals surface area contributed by atoms with Crippen LogP contribution in [0.5, 0.6) is 0 Å². The molecule has 4 nitrogen and oxygen atoms in total. The third kappa shape index (κ3) is 3.38. The Bertz CT molecular complexity index is 766. The zero-order valence-electron chi connectivity index (χ0n) is 11.7. The van der Waals surface area contributed by atoms with Crippen molar-refractivity contribution in [1.29, 1.82) is 0 Å². The Morgan fingerprint density at radius 2 is 1.77 bits per heavy atom. The van der Waals surface area contributed by atoms with Crippen LogP contribution in [-0.4, -0.2) is 15.7 Å². The number of hydrogen-bond donors (Lipinski definition) is 1. The Morgan fingerprint density at radius 1 is 1.05 bits per heavy atom. The molecule has 0 radical (unpaired) electrons. The number of nitrogens with one attached hydrogen (secondary N) is 1. The van der Waals surface area contributed by atoms with E-state index in [9.17, 15) is 9.18 Å². The first-order chi connectivity index (χ1) is 10.7. The molecule has 0 unspecified atom stereocenters. The van der Waals surface area contributed by atoms with Gasteiger partial charge in [0.1, 0.15) is 5.82 Å². The molecular weight excluding hydrogens is 281 g/mol. The second kappa shape index (κ2) is 6.22. The van der Waals surface area contributed by atoms with Crippen LogP contribution < -0.4 is 5.32 Å². The SMILES string of the molecule is O=C(Cc1ccc(F)cc1)Nc1ccn(-c2ccccc2)n1. The molecule has 0 saturated heterocycles. The lowest BCUT2D eigenvalue weighted by molar-refractivity contribution is -0.115. The van der Waals surface area contributed by atoms with Crippen LogP contribution in [0, 0.1) is 5.82 Å². The van der Waals surface area contributed by atoms with Gasteiger partial charge in [-0.15, -0.1) is 0 Å². The van der Waals surface area contributed by atoms with E-state index in [4.69, 9.17) is 0 Å². The Labute approximate surface area is 127 Å². The number of aromatic nitrogens is 2. The van der Waals surface area contributed by atoms with E-state index in [1.807, 2.05) is 30.3 Å². The number of amides is 1. The first-order valence-electron chi connectivity index (χ1n) is 6.86. The van der Waals surface area contributed by atoms with Crippen molar-refractivity contribution in [2.75, 3.05) is 5.32 Å². The first-order valence-corrected chi connectivity index (χ1v) is 6.86. The van der Waals surface area contributed by atoms with Crippen LogP contribution >= 0.6 is 0 Å². The molecule has 0 aliphatic carbocycles. The van der Waals surface area contributed by atoms with Gasteiger partial charge in [-0.3, -0.25) is 4.79 Å². The number of carbonyl (C=O) groups excluding carboxylic acids is 1. The number of halogens is 1. The fourth-order valence-electron chi connectivity index (χ4n) is 2.09. The normalized spacial score (nSPS) is 10.4. The van der Waals surface area contributed by atoms with Gasteiger partial charge in [0.05, 0.1) is 12.1 Å². The molecule has 2 aromatic carbocycles. The van der Waals surface area contributed by atoms with Gasteiger partial charge in [-0.1, -0.05) is 30.3 Å². The van der Waals surface area contributed by atoms with E-state index in [1.54, 1.807) is 29.1 Å². The van der Waals surface area contributed by atoms with E-state index >= 15 is 0 Å². The van der Waals surface area contributed by atoms with Crippen LogP contribution in [0.2, 0.25) is 0 Å². The van der Waals surface area contributed by atoms with Gasteiger partial charge in [-0.2, -0.15) is 5.10 Å². The number of carbonyl (C=O) groups is 1. The van der Waals surface area contributed by atoms with Gasteiger partial charge in [-0.05, 0) is 29.8 Å². The van der Waals surface area contributed by atoms with E-state index < -0.39 is 0 Å². The average Bonchev–Trinajstić information content (AvgIpc) is 2.99. The molecule has 5 heteroatoms. The summed E-state index contributed by atoms with van der Waals surface area (Å²) in [5, 5.41) is 7.03. The Balaban J connectivity index is 1.65. The molecular formula is C17H14FN3O. The molecule has 1 N–H and O–H groups in total. The number of para-hydroxylation sites is 1. The van der Waals surface area contributed by atoms with E-state index in [0.29, 0.717) is 5.82 Å². The van der Waals surface area contributed by atoms with E-state index in [0.717, 1.165) is 11.3 Å². The Morgan fingerprint density at radius 3 is 2.50 bits per heavy atom. The van der Waals surface area contributed by atoms with Gasteiger partial charge in [-0.25, -0.2) is 9.07 Å². The Hall–Kier alpha value is -2.95. The molecule has 1 amide bonds. The smallest absolute Gasteiger partial charge is 0.229 e. The van der Waals surface area contributed by atoms with Gasteiger partial charge in [0.2, 0.25) is 5.91 Å². The van der Waals surface area contributed by atoms with Crippen molar-refractivity contribution in [2.45, 2.75) is 6.42 Å². The number of rotatable bonds is 4. The molecule has 0 saturated carbocycles. The summed E-state index contributed by atoms with van der Waals surface area (Å²) in [7, 11) is 0. The molecule has 3 aromatic rings. The van der Waals surface area contributed by atoms with Crippen molar-refractivity contribution in [3.63, 3.8) is 0 Å². The summed E-state index contributed by atoms with van der Waals surface area (Å²) in [5.74, 6) is -0.0216.